The summed E-state index contributed by atoms with van der Waals surface area (Å²) in [5.41, 5.74) is 7.07. The van der Waals surface area contributed by atoms with Crippen LogP contribution in [0.1, 0.15) is 28.1 Å². The summed E-state index contributed by atoms with van der Waals surface area (Å²) in [5, 5.41) is 0. The van der Waals surface area contributed by atoms with Crippen LogP contribution in [0.25, 0.3) is 17.3 Å². The predicted octanol–water partition coefficient (Wildman–Crippen LogP) is 3.94. The number of hydrogen-bond acceptors (Lipinski definition) is 4. The van der Waals surface area contributed by atoms with E-state index in [4.69, 9.17) is 4.74 Å². The third-order valence-electron chi connectivity index (χ3n) is 6.82. The first kappa shape index (κ1) is 23.5. The first-order valence-corrected chi connectivity index (χ1v) is 13.1. The Kier molecular flexibility index (Phi) is 5.91. The number of sulfonamides is 1. The Bertz CT molecular complexity index is 1450. The van der Waals surface area contributed by atoms with Gasteiger partial charge in [-0.1, -0.05) is 17.7 Å². The molecule has 2 aromatic carbocycles. The Hall–Kier alpha value is -3.20. The van der Waals surface area contributed by atoms with Gasteiger partial charge in [0.05, 0.1) is 23.8 Å². The van der Waals surface area contributed by atoms with Crippen molar-refractivity contribution in [2.45, 2.75) is 25.7 Å². The quantitative estimate of drug-likeness (QED) is 0.519. The van der Waals surface area contributed by atoms with Gasteiger partial charge in [0.2, 0.25) is 10.0 Å². The maximum absolute atomic E-state index is 13.2. The van der Waals surface area contributed by atoms with E-state index < -0.39 is 10.0 Å². The van der Waals surface area contributed by atoms with Gasteiger partial charge in [-0.15, -0.1) is 0 Å². The Labute approximate surface area is 206 Å². The summed E-state index contributed by atoms with van der Waals surface area (Å²) in [7, 11) is -1.96. The molecule has 2 aliphatic rings. The topological polar surface area (TPSA) is 71.9 Å². The van der Waals surface area contributed by atoms with Crippen molar-refractivity contribution in [3.8, 4) is 5.69 Å². The van der Waals surface area contributed by atoms with Gasteiger partial charge in [0.25, 0.3) is 5.91 Å². The average molecular weight is 492 g/mol. The Balaban J connectivity index is 1.58. The number of hydrogen-bond donors (Lipinski definition) is 0. The molecule has 1 fully saturated rings. The number of ether oxygens (including phenoxy) is 1. The van der Waals surface area contributed by atoms with E-state index in [0.29, 0.717) is 43.1 Å². The van der Waals surface area contributed by atoms with E-state index in [9.17, 15) is 13.2 Å². The first-order valence-electron chi connectivity index (χ1n) is 11.7. The molecule has 182 valence electrons. The van der Waals surface area contributed by atoms with Gasteiger partial charge in [-0.2, -0.15) is 4.31 Å². The van der Waals surface area contributed by atoms with Gasteiger partial charge in [-0.25, -0.2) is 8.42 Å². The molecule has 0 aliphatic carbocycles. The number of carbonyl (C=O) groups is 1. The highest BCUT2D eigenvalue weighted by atomic mass is 32.2. The number of nitrogens with zero attached hydrogens (tertiary/aromatic N) is 3. The zero-order valence-electron chi connectivity index (χ0n) is 20.4. The van der Waals surface area contributed by atoms with Crippen molar-refractivity contribution in [3.05, 3.63) is 76.6 Å². The second-order valence-corrected chi connectivity index (χ2v) is 11.1. The van der Waals surface area contributed by atoms with Crippen molar-refractivity contribution in [3.63, 3.8) is 0 Å². The molecule has 5 rings (SSSR count). The van der Waals surface area contributed by atoms with Crippen LogP contribution in [0.5, 0.6) is 0 Å². The number of likely N-dealkylation sites (N-methyl/N-ethyl adjacent to an activating group) is 1. The minimum atomic E-state index is -3.67. The van der Waals surface area contributed by atoms with E-state index >= 15 is 0 Å². The van der Waals surface area contributed by atoms with E-state index in [1.165, 1.54) is 9.87 Å². The number of aryl methyl sites for hydroxylation is 2. The average Bonchev–Trinajstić information content (AvgIpc) is 3.27. The van der Waals surface area contributed by atoms with Crippen LogP contribution in [0.3, 0.4) is 0 Å². The third kappa shape index (κ3) is 4.01. The molecule has 3 heterocycles. The highest BCUT2D eigenvalue weighted by Crippen LogP contribution is 2.39. The lowest BCUT2D eigenvalue weighted by atomic mass is 10.0. The first-order chi connectivity index (χ1) is 16.7. The summed E-state index contributed by atoms with van der Waals surface area (Å²) >= 11 is 0. The molecule has 7 nitrogen and oxygen atoms in total. The molecule has 1 aromatic heterocycles. The van der Waals surface area contributed by atoms with Crippen LogP contribution in [0.4, 0.5) is 5.69 Å². The molecular formula is C27H29N3O4S. The van der Waals surface area contributed by atoms with Crippen LogP contribution < -0.4 is 4.90 Å². The van der Waals surface area contributed by atoms with Crippen LogP contribution >= 0.6 is 0 Å². The molecule has 0 radical (unpaired) electrons. The zero-order valence-corrected chi connectivity index (χ0v) is 21.2. The van der Waals surface area contributed by atoms with Crippen molar-refractivity contribution in [2.75, 3.05) is 38.3 Å². The highest BCUT2D eigenvalue weighted by molar-refractivity contribution is 7.89. The molecule has 0 unspecified atom stereocenters. The van der Waals surface area contributed by atoms with Crippen molar-refractivity contribution in [2.24, 2.45) is 0 Å². The molecule has 8 heteroatoms. The SMILES string of the molecule is Cc1ccc(-n2c(C)cc(C=C3C(=O)N(C)c4ccc(S(=O)(=O)N5CCOCC5)cc43)c2C)cc1. The molecule has 0 spiro atoms. The minimum absolute atomic E-state index is 0.152. The second kappa shape index (κ2) is 8.78. The molecule has 0 saturated carbocycles. The van der Waals surface area contributed by atoms with Gasteiger partial charge in [0, 0.05) is 48.3 Å². The van der Waals surface area contributed by atoms with Gasteiger partial charge in [-0.3, -0.25) is 4.79 Å². The number of anilines is 1. The number of fused-ring (bicyclic) bond motifs is 1. The Morgan fingerprint density at radius 3 is 2.31 bits per heavy atom. The lowest BCUT2D eigenvalue weighted by Crippen LogP contribution is -2.40. The van der Waals surface area contributed by atoms with E-state index in [1.807, 2.05) is 19.9 Å². The molecule has 1 saturated heterocycles. The number of aromatic nitrogens is 1. The maximum atomic E-state index is 13.2. The molecule has 3 aromatic rings. The number of morpholine rings is 1. The van der Waals surface area contributed by atoms with Gasteiger partial charge in [0.1, 0.15) is 0 Å². The van der Waals surface area contributed by atoms with Crippen LogP contribution in [-0.4, -0.2) is 56.5 Å². The molecule has 35 heavy (non-hydrogen) atoms. The van der Waals surface area contributed by atoms with Crippen LogP contribution in [0.2, 0.25) is 0 Å². The van der Waals surface area contributed by atoms with Crippen molar-refractivity contribution in [1.29, 1.82) is 0 Å². The fourth-order valence-electron chi connectivity index (χ4n) is 4.85. The van der Waals surface area contributed by atoms with Gasteiger partial charge >= 0.3 is 0 Å². The minimum Gasteiger partial charge on any atom is -0.379 e. The number of carbonyl (C=O) groups excluding carboxylic acids is 1. The van der Waals surface area contributed by atoms with Crippen molar-refractivity contribution < 1.29 is 17.9 Å². The molecule has 2 aliphatic heterocycles. The van der Waals surface area contributed by atoms with E-state index in [0.717, 1.165) is 22.6 Å². The molecule has 0 N–H and O–H groups in total. The summed E-state index contributed by atoms with van der Waals surface area (Å²) in [6.45, 7) is 7.54. The normalized spacial score (nSPS) is 17.9. The lowest BCUT2D eigenvalue weighted by molar-refractivity contribution is -0.112. The van der Waals surface area contributed by atoms with E-state index in [-0.39, 0.29) is 10.8 Å². The van der Waals surface area contributed by atoms with E-state index in [2.05, 4.69) is 41.8 Å². The number of amides is 1. The van der Waals surface area contributed by atoms with Crippen molar-refractivity contribution in [1.82, 2.24) is 8.87 Å². The maximum Gasteiger partial charge on any atom is 0.258 e. The van der Waals surface area contributed by atoms with Gasteiger partial charge < -0.3 is 14.2 Å². The number of rotatable bonds is 4. The lowest BCUT2D eigenvalue weighted by Gasteiger charge is -2.26. The standard InChI is InChI=1S/C27H29N3O4S/c1-18-5-7-22(8-6-18)30-19(2)15-21(20(30)3)16-25-24-17-23(9-10-26(24)28(4)27(25)31)35(32,33)29-11-13-34-14-12-29/h5-10,15-17H,11-14H2,1-4H3. The fraction of sp³-hybridized carbons (Fsp3) is 0.296. The van der Waals surface area contributed by atoms with Crippen LogP contribution in [0.15, 0.2) is 53.4 Å². The summed E-state index contributed by atoms with van der Waals surface area (Å²) in [4.78, 5) is 15.0. The molecular weight excluding hydrogens is 462 g/mol. The number of benzene rings is 2. The van der Waals surface area contributed by atoms with E-state index in [1.54, 1.807) is 30.1 Å². The van der Waals surface area contributed by atoms with Crippen molar-refractivity contribution >= 4 is 33.3 Å². The van der Waals surface area contributed by atoms with Gasteiger partial charge in [-0.05, 0) is 68.8 Å². The summed E-state index contributed by atoms with van der Waals surface area (Å²) in [6.07, 6.45) is 1.88. The molecule has 1 amide bonds. The summed E-state index contributed by atoms with van der Waals surface area (Å²) in [5.74, 6) is -0.152. The Morgan fingerprint density at radius 2 is 1.63 bits per heavy atom. The fourth-order valence-corrected chi connectivity index (χ4v) is 6.28. The Morgan fingerprint density at radius 1 is 0.943 bits per heavy atom. The van der Waals surface area contributed by atoms with Crippen LogP contribution in [0, 0.1) is 20.8 Å². The zero-order chi connectivity index (χ0) is 24.9. The van der Waals surface area contributed by atoms with Gasteiger partial charge in [0.15, 0.2) is 0 Å². The third-order valence-corrected chi connectivity index (χ3v) is 8.72. The summed E-state index contributed by atoms with van der Waals surface area (Å²) < 4.78 is 35.4. The molecule has 0 bridgehead atoms. The molecule has 0 atom stereocenters. The monoisotopic (exact) mass is 491 g/mol. The highest BCUT2D eigenvalue weighted by Gasteiger charge is 2.33. The predicted molar refractivity (Wildman–Crippen MR) is 137 cm³/mol. The smallest absolute Gasteiger partial charge is 0.258 e. The summed E-state index contributed by atoms with van der Waals surface area (Å²) in [6, 6.07) is 15.3. The van der Waals surface area contributed by atoms with Crippen LogP contribution in [-0.2, 0) is 19.6 Å². The second-order valence-electron chi connectivity index (χ2n) is 9.12. The largest absolute Gasteiger partial charge is 0.379 e.